The number of thiocarbonyl (C=S) groups is 1. The molecular weight excluding hydrogens is 502 g/mol. The molecule has 4 rings (SSSR count). The van der Waals surface area contributed by atoms with Crippen LogP contribution >= 0.6 is 35.2 Å². The van der Waals surface area contributed by atoms with Gasteiger partial charge in [-0.2, -0.15) is 0 Å². The summed E-state index contributed by atoms with van der Waals surface area (Å²) in [7, 11) is 3.32. The fourth-order valence-corrected chi connectivity index (χ4v) is 5.19. The minimum Gasteiger partial charge on any atom is -0.497 e. The second-order valence-electron chi connectivity index (χ2n) is 7.71. The highest BCUT2D eigenvalue weighted by Gasteiger charge is 2.20. The predicted octanol–water partition coefficient (Wildman–Crippen LogP) is 5.96. The quantitative estimate of drug-likeness (QED) is 0.305. The molecule has 0 unspecified atom stereocenters. The van der Waals surface area contributed by atoms with Crippen molar-refractivity contribution in [2.75, 3.05) is 19.5 Å². The standard InChI is InChI=1S/C26H22ClN3O3S2/c1-30(15-16-8-4-3-5-9-16)25(32)18-10-6-7-11-20(18)28-26(34)29-24(31)23-22(27)19-13-12-17(33-2)14-21(19)35-23/h3-14H,15H2,1-2H3,(H2,28,29,31,34). The minimum atomic E-state index is -0.433. The number of benzene rings is 3. The van der Waals surface area contributed by atoms with E-state index in [0.717, 1.165) is 15.6 Å². The summed E-state index contributed by atoms with van der Waals surface area (Å²) in [5.41, 5.74) is 1.96. The van der Waals surface area contributed by atoms with Crippen molar-refractivity contribution in [3.8, 4) is 5.75 Å². The van der Waals surface area contributed by atoms with Crippen LogP contribution in [0.25, 0.3) is 10.1 Å². The van der Waals surface area contributed by atoms with Gasteiger partial charge in [-0.3, -0.25) is 14.9 Å². The summed E-state index contributed by atoms with van der Waals surface area (Å²) in [5, 5.41) is 6.82. The Morgan fingerprint density at radius 1 is 1.06 bits per heavy atom. The Morgan fingerprint density at radius 2 is 1.77 bits per heavy atom. The third kappa shape index (κ3) is 5.62. The number of hydrogen-bond donors (Lipinski definition) is 2. The molecule has 0 saturated carbocycles. The molecular formula is C26H22ClN3O3S2. The van der Waals surface area contributed by atoms with E-state index in [-0.39, 0.29) is 11.0 Å². The average Bonchev–Trinajstić information content (AvgIpc) is 3.20. The fourth-order valence-electron chi connectivity index (χ4n) is 3.55. The zero-order valence-electron chi connectivity index (χ0n) is 19.0. The van der Waals surface area contributed by atoms with Gasteiger partial charge in [0.1, 0.15) is 10.6 Å². The predicted molar refractivity (Wildman–Crippen MR) is 146 cm³/mol. The lowest BCUT2D eigenvalue weighted by Crippen LogP contribution is -2.35. The molecule has 1 aromatic heterocycles. The molecule has 0 aliphatic heterocycles. The van der Waals surface area contributed by atoms with Crippen LogP contribution in [0.5, 0.6) is 5.75 Å². The Labute approximate surface area is 217 Å². The van der Waals surface area contributed by atoms with E-state index < -0.39 is 5.91 Å². The van der Waals surface area contributed by atoms with Crippen molar-refractivity contribution in [3.05, 3.63) is 93.8 Å². The van der Waals surface area contributed by atoms with Crippen LogP contribution in [-0.4, -0.2) is 36.0 Å². The van der Waals surface area contributed by atoms with Gasteiger partial charge in [-0.15, -0.1) is 11.3 Å². The lowest BCUT2D eigenvalue weighted by Gasteiger charge is -2.20. The zero-order chi connectivity index (χ0) is 24.9. The van der Waals surface area contributed by atoms with Gasteiger partial charge < -0.3 is 15.0 Å². The van der Waals surface area contributed by atoms with E-state index in [9.17, 15) is 9.59 Å². The molecule has 2 N–H and O–H groups in total. The number of anilines is 1. The molecule has 0 saturated heterocycles. The maximum absolute atomic E-state index is 13.1. The normalized spacial score (nSPS) is 10.6. The number of carbonyl (C=O) groups excluding carboxylic acids is 2. The molecule has 0 spiro atoms. The fraction of sp³-hybridized carbons (Fsp3) is 0.115. The van der Waals surface area contributed by atoms with Crippen LogP contribution in [0.15, 0.2) is 72.8 Å². The Bertz CT molecular complexity index is 1410. The topological polar surface area (TPSA) is 70.7 Å². The SMILES string of the molecule is COc1ccc2c(Cl)c(C(=O)NC(=S)Nc3ccccc3C(=O)N(C)Cc3ccccc3)sc2c1. The van der Waals surface area contributed by atoms with E-state index in [1.165, 1.54) is 11.3 Å². The highest BCUT2D eigenvalue weighted by Crippen LogP contribution is 2.37. The number of rotatable bonds is 6. The van der Waals surface area contributed by atoms with Crippen molar-refractivity contribution in [1.82, 2.24) is 10.2 Å². The number of methoxy groups -OCH3 is 1. The molecule has 1 heterocycles. The molecule has 2 amide bonds. The molecule has 9 heteroatoms. The van der Waals surface area contributed by atoms with E-state index in [1.54, 1.807) is 49.4 Å². The number of halogens is 1. The van der Waals surface area contributed by atoms with Gasteiger partial charge in [-0.05, 0) is 48.1 Å². The van der Waals surface area contributed by atoms with Gasteiger partial charge in [0.05, 0.1) is 23.4 Å². The maximum Gasteiger partial charge on any atom is 0.269 e. The van der Waals surface area contributed by atoms with Crippen molar-refractivity contribution in [3.63, 3.8) is 0 Å². The molecule has 0 atom stereocenters. The van der Waals surface area contributed by atoms with E-state index in [1.807, 2.05) is 42.5 Å². The lowest BCUT2D eigenvalue weighted by atomic mass is 10.1. The molecule has 0 bridgehead atoms. The molecule has 6 nitrogen and oxygen atoms in total. The van der Waals surface area contributed by atoms with E-state index in [2.05, 4.69) is 10.6 Å². The Balaban J connectivity index is 1.47. The summed E-state index contributed by atoms with van der Waals surface area (Å²) < 4.78 is 6.07. The summed E-state index contributed by atoms with van der Waals surface area (Å²) in [6.07, 6.45) is 0. The third-order valence-corrected chi connectivity index (χ3v) is 7.14. The van der Waals surface area contributed by atoms with Gasteiger partial charge in [0.25, 0.3) is 11.8 Å². The second kappa shape index (κ2) is 10.9. The molecule has 0 aliphatic rings. The molecule has 0 aliphatic carbocycles. The Morgan fingerprint density at radius 3 is 2.51 bits per heavy atom. The first kappa shape index (κ1) is 24.7. The number of thiophene rings is 1. The summed E-state index contributed by atoms with van der Waals surface area (Å²) in [6.45, 7) is 0.463. The minimum absolute atomic E-state index is 0.0621. The number of ether oxygens (including phenoxy) is 1. The Kier molecular flexibility index (Phi) is 7.65. The van der Waals surface area contributed by atoms with Crippen molar-refractivity contribution in [2.45, 2.75) is 6.54 Å². The molecule has 4 aromatic rings. The van der Waals surface area contributed by atoms with Crippen molar-refractivity contribution in [1.29, 1.82) is 0 Å². The van der Waals surface area contributed by atoms with Crippen LogP contribution in [0.3, 0.4) is 0 Å². The average molecular weight is 524 g/mol. The van der Waals surface area contributed by atoms with E-state index >= 15 is 0 Å². The van der Waals surface area contributed by atoms with Gasteiger partial charge in [-0.1, -0.05) is 54.1 Å². The maximum atomic E-state index is 13.1. The summed E-state index contributed by atoms with van der Waals surface area (Å²) in [6, 6.07) is 22.2. The Hall–Kier alpha value is -3.46. The smallest absolute Gasteiger partial charge is 0.269 e. The summed E-state index contributed by atoms with van der Waals surface area (Å²) in [4.78, 5) is 28.0. The number of hydrogen-bond acceptors (Lipinski definition) is 5. The first-order valence-corrected chi connectivity index (χ1v) is 12.2. The number of fused-ring (bicyclic) bond motifs is 1. The molecule has 0 fully saturated rings. The first-order chi connectivity index (χ1) is 16.9. The van der Waals surface area contributed by atoms with Gasteiger partial charge in [0.15, 0.2) is 5.11 Å². The van der Waals surface area contributed by atoms with Crippen LogP contribution < -0.4 is 15.4 Å². The number of nitrogens with one attached hydrogen (secondary N) is 2. The van der Waals surface area contributed by atoms with Crippen LogP contribution in [0, 0.1) is 0 Å². The van der Waals surface area contributed by atoms with Gasteiger partial charge in [0.2, 0.25) is 0 Å². The summed E-state index contributed by atoms with van der Waals surface area (Å²) >= 11 is 13.1. The lowest BCUT2D eigenvalue weighted by molar-refractivity contribution is 0.0786. The largest absolute Gasteiger partial charge is 0.497 e. The highest BCUT2D eigenvalue weighted by atomic mass is 35.5. The molecule has 35 heavy (non-hydrogen) atoms. The number of nitrogens with zero attached hydrogens (tertiary/aromatic N) is 1. The number of amides is 2. The van der Waals surface area contributed by atoms with Gasteiger partial charge >= 0.3 is 0 Å². The van der Waals surface area contributed by atoms with Crippen LogP contribution in [0.1, 0.15) is 25.6 Å². The molecule has 3 aromatic carbocycles. The van der Waals surface area contributed by atoms with Crippen molar-refractivity contribution >= 4 is 67.9 Å². The van der Waals surface area contributed by atoms with Crippen LogP contribution in [0.2, 0.25) is 5.02 Å². The highest BCUT2D eigenvalue weighted by molar-refractivity contribution is 7.80. The monoisotopic (exact) mass is 523 g/mol. The van der Waals surface area contributed by atoms with E-state index in [4.69, 9.17) is 28.6 Å². The molecule has 178 valence electrons. The second-order valence-corrected chi connectivity index (χ2v) is 9.55. The van der Waals surface area contributed by atoms with Gasteiger partial charge in [0, 0.05) is 23.7 Å². The first-order valence-electron chi connectivity index (χ1n) is 10.6. The number of para-hydroxylation sites is 1. The molecule has 0 radical (unpaired) electrons. The van der Waals surface area contributed by atoms with Gasteiger partial charge in [-0.25, -0.2) is 0 Å². The van der Waals surface area contributed by atoms with Crippen molar-refractivity contribution < 1.29 is 14.3 Å². The summed E-state index contributed by atoms with van der Waals surface area (Å²) in [5.74, 6) is 0.0725. The van der Waals surface area contributed by atoms with Crippen molar-refractivity contribution in [2.24, 2.45) is 0 Å². The van der Waals surface area contributed by atoms with E-state index in [0.29, 0.717) is 33.4 Å². The third-order valence-electron chi connectivity index (χ3n) is 5.28. The van der Waals surface area contributed by atoms with Crippen LogP contribution in [0.4, 0.5) is 5.69 Å². The zero-order valence-corrected chi connectivity index (χ0v) is 21.4. The number of carbonyl (C=O) groups is 2. The van der Waals surface area contributed by atoms with Crippen LogP contribution in [-0.2, 0) is 6.54 Å².